The molecule has 0 saturated carbocycles. The summed E-state index contributed by atoms with van der Waals surface area (Å²) in [5.41, 5.74) is 11.0. The molecule has 0 fully saturated rings. The summed E-state index contributed by atoms with van der Waals surface area (Å²) in [6, 6.07) is 10.9. The average Bonchev–Trinajstić information content (AvgIpc) is 2.41. The van der Waals surface area contributed by atoms with Gasteiger partial charge in [0.25, 0.3) is 0 Å². The summed E-state index contributed by atoms with van der Waals surface area (Å²) in [4.78, 5) is 4.24. The molecule has 1 aromatic carbocycles. The highest BCUT2D eigenvalue weighted by atomic mass is 14.9. The van der Waals surface area contributed by atoms with Crippen LogP contribution in [0.3, 0.4) is 0 Å². The van der Waals surface area contributed by atoms with Crippen molar-refractivity contribution in [2.45, 2.75) is 33.2 Å². The standard InChI is InChI=1S/C17H23N3/c1-4-19-15(11-14-7-5-12(2)6-8-14)16-13(3)9-10-20-17(16)18/h5-10,15,19H,4,11H2,1-3H3,(H2,18,20). The Kier molecular flexibility index (Phi) is 4.74. The number of likely N-dealkylation sites (N-methyl/N-ethyl adjacent to an activating group) is 1. The zero-order valence-electron chi connectivity index (χ0n) is 12.5. The van der Waals surface area contributed by atoms with E-state index >= 15 is 0 Å². The number of nitrogen functional groups attached to an aromatic ring is 1. The summed E-state index contributed by atoms with van der Waals surface area (Å²) in [5.74, 6) is 0.628. The Balaban J connectivity index is 2.29. The second-order valence-electron chi connectivity index (χ2n) is 5.23. The van der Waals surface area contributed by atoms with Crippen LogP contribution in [0.25, 0.3) is 0 Å². The van der Waals surface area contributed by atoms with E-state index in [0.29, 0.717) is 5.82 Å². The minimum atomic E-state index is 0.205. The second-order valence-corrected chi connectivity index (χ2v) is 5.23. The lowest BCUT2D eigenvalue weighted by atomic mass is 9.95. The number of aryl methyl sites for hydroxylation is 2. The fraction of sp³-hybridized carbons (Fsp3) is 0.353. The highest BCUT2D eigenvalue weighted by Crippen LogP contribution is 2.25. The Bertz CT molecular complexity index is 541. The first kappa shape index (κ1) is 14.5. The SMILES string of the molecule is CCNC(Cc1ccc(C)cc1)c1c(C)ccnc1N. The molecule has 0 aliphatic rings. The first-order valence-electron chi connectivity index (χ1n) is 7.11. The molecule has 0 aliphatic carbocycles. The first-order valence-corrected chi connectivity index (χ1v) is 7.11. The predicted octanol–water partition coefficient (Wildman–Crippen LogP) is 3.17. The van der Waals surface area contributed by atoms with Crippen molar-refractivity contribution in [3.63, 3.8) is 0 Å². The van der Waals surface area contributed by atoms with E-state index in [0.717, 1.165) is 18.5 Å². The molecule has 0 spiro atoms. The highest BCUT2D eigenvalue weighted by molar-refractivity contribution is 5.46. The molecule has 0 saturated heterocycles. The van der Waals surface area contributed by atoms with Gasteiger partial charge in [0.2, 0.25) is 0 Å². The Morgan fingerprint density at radius 1 is 1.15 bits per heavy atom. The summed E-state index contributed by atoms with van der Waals surface area (Å²) in [5, 5.41) is 3.52. The normalized spacial score (nSPS) is 12.3. The fourth-order valence-corrected chi connectivity index (χ4v) is 2.53. The van der Waals surface area contributed by atoms with E-state index in [1.807, 2.05) is 6.07 Å². The van der Waals surface area contributed by atoms with Gasteiger partial charge in [-0.15, -0.1) is 0 Å². The van der Waals surface area contributed by atoms with Crippen LogP contribution in [0.2, 0.25) is 0 Å². The van der Waals surface area contributed by atoms with E-state index in [1.165, 1.54) is 16.7 Å². The van der Waals surface area contributed by atoms with Gasteiger partial charge in [0, 0.05) is 17.8 Å². The summed E-state index contributed by atoms with van der Waals surface area (Å²) in [6.45, 7) is 7.22. The number of pyridine rings is 1. The van der Waals surface area contributed by atoms with Crippen molar-refractivity contribution in [3.05, 3.63) is 58.8 Å². The van der Waals surface area contributed by atoms with E-state index in [9.17, 15) is 0 Å². The number of nitrogens with two attached hydrogens (primary N) is 1. The number of rotatable bonds is 5. The molecular formula is C17H23N3. The number of aromatic nitrogens is 1. The van der Waals surface area contributed by atoms with Gasteiger partial charge >= 0.3 is 0 Å². The van der Waals surface area contributed by atoms with Crippen molar-refractivity contribution in [2.24, 2.45) is 0 Å². The molecule has 3 nitrogen and oxygen atoms in total. The molecule has 20 heavy (non-hydrogen) atoms. The number of nitrogens with zero attached hydrogens (tertiary/aromatic N) is 1. The maximum Gasteiger partial charge on any atom is 0.128 e. The number of nitrogens with one attached hydrogen (secondary N) is 1. The van der Waals surface area contributed by atoms with Crippen molar-refractivity contribution in [1.82, 2.24) is 10.3 Å². The highest BCUT2D eigenvalue weighted by Gasteiger charge is 2.17. The molecule has 2 aromatic rings. The number of hydrogen-bond acceptors (Lipinski definition) is 3. The Labute approximate surface area is 121 Å². The fourth-order valence-electron chi connectivity index (χ4n) is 2.53. The van der Waals surface area contributed by atoms with Gasteiger partial charge in [0.15, 0.2) is 0 Å². The van der Waals surface area contributed by atoms with E-state index in [-0.39, 0.29) is 6.04 Å². The van der Waals surface area contributed by atoms with Crippen LogP contribution in [0.4, 0.5) is 5.82 Å². The van der Waals surface area contributed by atoms with Crippen LogP contribution < -0.4 is 11.1 Å². The number of benzene rings is 1. The molecule has 1 atom stereocenters. The molecule has 2 rings (SSSR count). The van der Waals surface area contributed by atoms with Crippen LogP contribution in [0.15, 0.2) is 36.5 Å². The van der Waals surface area contributed by atoms with Crippen LogP contribution in [-0.4, -0.2) is 11.5 Å². The third kappa shape index (κ3) is 3.36. The molecule has 106 valence electrons. The van der Waals surface area contributed by atoms with Crippen LogP contribution >= 0.6 is 0 Å². The van der Waals surface area contributed by atoms with E-state index in [1.54, 1.807) is 6.20 Å². The Hall–Kier alpha value is -1.87. The van der Waals surface area contributed by atoms with Crippen molar-refractivity contribution in [3.8, 4) is 0 Å². The smallest absolute Gasteiger partial charge is 0.128 e. The van der Waals surface area contributed by atoms with Crippen LogP contribution in [0, 0.1) is 13.8 Å². The molecule has 3 N–H and O–H groups in total. The lowest BCUT2D eigenvalue weighted by molar-refractivity contribution is 0.547. The summed E-state index contributed by atoms with van der Waals surface area (Å²) in [7, 11) is 0. The number of hydrogen-bond donors (Lipinski definition) is 2. The molecule has 0 radical (unpaired) electrons. The van der Waals surface area contributed by atoms with Gasteiger partial charge < -0.3 is 11.1 Å². The quantitative estimate of drug-likeness (QED) is 0.876. The van der Waals surface area contributed by atoms with Gasteiger partial charge in [-0.3, -0.25) is 0 Å². The van der Waals surface area contributed by atoms with Gasteiger partial charge in [-0.2, -0.15) is 0 Å². The number of anilines is 1. The maximum absolute atomic E-state index is 6.08. The maximum atomic E-state index is 6.08. The van der Waals surface area contributed by atoms with Crippen molar-refractivity contribution in [1.29, 1.82) is 0 Å². The van der Waals surface area contributed by atoms with Gasteiger partial charge in [-0.25, -0.2) is 4.98 Å². The molecule has 0 bridgehead atoms. The van der Waals surface area contributed by atoms with Crippen molar-refractivity contribution < 1.29 is 0 Å². The lowest BCUT2D eigenvalue weighted by Crippen LogP contribution is -2.25. The molecular weight excluding hydrogens is 246 g/mol. The summed E-state index contributed by atoms with van der Waals surface area (Å²) < 4.78 is 0. The minimum absolute atomic E-state index is 0.205. The summed E-state index contributed by atoms with van der Waals surface area (Å²) in [6.07, 6.45) is 2.69. The monoisotopic (exact) mass is 269 g/mol. The Morgan fingerprint density at radius 2 is 1.85 bits per heavy atom. The van der Waals surface area contributed by atoms with E-state index < -0.39 is 0 Å². The summed E-state index contributed by atoms with van der Waals surface area (Å²) >= 11 is 0. The van der Waals surface area contributed by atoms with Crippen molar-refractivity contribution >= 4 is 5.82 Å². The molecule has 1 unspecified atom stereocenters. The van der Waals surface area contributed by atoms with Gasteiger partial charge in [-0.1, -0.05) is 36.8 Å². The zero-order chi connectivity index (χ0) is 14.5. The molecule has 1 heterocycles. The van der Waals surface area contributed by atoms with Crippen LogP contribution in [-0.2, 0) is 6.42 Å². The molecule has 0 aliphatic heterocycles. The van der Waals surface area contributed by atoms with Crippen molar-refractivity contribution in [2.75, 3.05) is 12.3 Å². The lowest BCUT2D eigenvalue weighted by Gasteiger charge is -2.21. The van der Waals surface area contributed by atoms with Gasteiger partial charge in [-0.05, 0) is 44.0 Å². The van der Waals surface area contributed by atoms with Gasteiger partial charge in [0.1, 0.15) is 5.82 Å². The van der Waals surface area contributed by atoms with Crippen LogP contribution in [0.5, 0.6) is 0 Å². The Morgan fingerprint density at radius 3 is 2.45 bits per heavy atom. The molecule has 1 aromatic heterocycles. The van der Waals surface area contributed by atoms with E-state index in [4.69, 9.17) is 5.73 Å². The van der Waals surface area contributed by atoms with Crippen LogP contribution in [0.1, 0.15) is 35.2 Å². The first-order chi connectivity index (χ1) is 9.61. The second kappa shape index (κ2) is 6.53. The molecule has 3 heteroatoms. The van der Waals surface area contributed by atoms with E-state index in [2.05, 4.69) is 55.3 Å². The largest absolute Gasteiger partial charge is 0.383 e. The van der Waals surface area contributed by atoms with Gasteiger partial charge in [0.05, 0.1) is 0 Å². The predicted molar refractivity (Wildman–Crippen MR) is 84.7 cm³/mol. The third-order valence-electron chi connectivity index (χ3n) is 3.60. The third-order valence-corrected chi connectivity index (χ3v) is 3.60. The molecule has 0 amide bonds. The zero-order valence-corrected chi connectivity index (χ0v) is 12.5. The topological polar surface area (TPSA) is 50.9 Å². The average molecular weight is 269 g/mol. The minimum Gasteiger partial charge on any atom is -0.383 e.